The molecule has 19 heavy (non-hydrogen) atoms. The summed E-state index contributed by atoms with van der Waals surface area (Å²) in [5.74, 6) is 0.837. The summed E-state index contributed by atoms with van der Waals surface area (Å²) in [5.41, 5.74) is -0.678. The normalized spacial score (nSPS) is 46.4. The van der Waals surface area contributed by atoms with Crippen molar-refractivity contribution in [2.45, 2.75) is 34.8 Å². The van der Waals surface area contributed by atoms with Gasteiger partial charge in [-0.3, -0.25) is 4.79 Å². The predicted molar refractivity (Wildman–Crippen MR) is 78.7 cm³/mol. The lowest BCUT2D eigenvalue weighted by Crippen LogP contribution is -2.66. The average Bonchev–Trinajstić information content (AvgIpc) is 2.31. The highest BCUT2D eigenvalue weighted by molar-refractivity contribution is 14.1. The van der Waals surface area contributed by atoms with E-state index in [0.29, 0.717) is 24.0 Å². The SMILES string of the molecule is CSC(F)(I)C(=O)OC1(C)CC2CC3C(=O)C(C1)C23. The maximum absolute atomic E-state index is 13.9. The fourth-order valence-corrected chi connectivity index (χ4v) is 4.36. The van der Waals surface area contributed by atoms with Crippen molar-refractivity contribution in [2.24, 2.45) is 23.7 Å². The van der Waals surface area contributed by atoms with Crippen molar-refractivity contribution in [1.29, 1.82) is 0 Å². The summed E-state index contributed by atoms with van der Waals surface area (Å²) in [6.45, 7) is 1.84. The minimum atomic E-state index is -2.04. The van der Waals surface area contributed by atoms with Crippen LogP contribution in [0.3, 0.4) is 0 Å². The summed E-state index contributed by atoms with van der Waals surface area (Å²) in [4.78, 5) is 23.7. The number of ketones is 1. The molecule has 0 aromatic heterocycles. The first kappa shape index (κ1) is 14.1. The molecule has 0 N–H and O–H groups in total. The van der Waals surface area contributed by atoms with Gasteiger partial charge in [0.25, 0.3) is 0 Å². The number of Topliss-reactive ketones (excluding diaryl/α,β-unsaturated/α-hetero) is 1. The van der Waals surface area contributed by atoms with E-state index in [9.17, 15) is 14.0 Å². The van der Waals surface area contributed by atoms with E-state index in [0.717, 1.165) is 24.6 Å². The van der Waals surface area contributed by atoms with Crippen molar-refractivity contribution < 1.29 is 18.7 Å². The Kier molecular flexibility index (Phi) is 3.21. The Hall–Kier alpha value is 0.150. The van der Waals surface area contributed by atoms with Crippen LogP contribution in [0.1, 0.15) is 26.2 Å². The molecule has 0 saturated heterocycles. The molecule has 0 aromatic rings. The van der Waals surface area contributed by atoms with Crippen LogP contribution in [0.5, 0.6) is 0 Å². The highest BCUT2D eigenvalue weighted by Crippen LogP contribution is 2.63. The van der Waals surface area contributed by atoms with Crippen molar-refractivity contribution in [3.63, 3.8) is 0 Å². The van der Waals surface area contributed by atoms with Gasteiger partial charge in [0.05, 0.1) is 0 Å². The van der Waals surface area contributed by atoms with Gasteiger partial charge >= 0.3 is 8.98 Å². The number of thioether (sulfide) groups is 1. The lowest BCUT2D eigenvalue weighted by atomic mass is 9.41. The molecule has 0 amide bonds. The molecule has 0 heterocycles. The molecule has 3 aliphatic rings. The lowest BCUT2D eigenvalue weighted by Gasteiger charge is -2.63. The van der Waals surface area contributed by atoms with Crippen molar-refractivity contribution in [1.82, 2.24) is 0 Å². The molecule has 6 heteroatoms. The second kappa shape index (κ2) is 4.32. The van der Waals surface area contributed by atoms with Gasteiger partial charge in [-0.1, -0.05) is 0 Å². The third-order valence-corrected chi connectivity index (χ3v) is 7.38. The second-order valence-electron chi connectivity index (χ2n) is 6.16. The van der Waals surface area contributed by atoms with Crippen LogP contribution in [0.15, 0.2) is 0 Å². The average molecular weight is 398 g/mol. The summed E-state index contributed by atoms with van der Waals surface area (Å²) < 4.78 is 17.3. The zero-order valence-electron chi connectivity index (χ0n) is 10.8. The van der Waals surface area contributed by atoms with Crippen molar-refractivity contribution in [3.05, 3.63) is 0 Å². The van der Waals surface area contributed by atoms with Crippen LogP contribution in [0.25, 0.3) is 0 Å². The molecule has 6 atom stereocenters. The number of rotatable bonds is 3. The molecule has 0 aromatic carbocycles. The predicted octanol–water partition coefficient (Wildman–Crippen LogP) is 2.95. The number of hydrogen-bond acceptors (Lipinski definition) is 4. The number of halogens is 2. The number of carbonyl (C=O) groups excluding carboxylic acids is 2. The van der Waals surface area contributed by atoms with E-state index in [1.54, 1.807) is 6.26 Å². The van der Waals surface area contributed by atoms with E-state index < -0.39 is 14.6 Å². The Bertz CT molecular complexity index is 455. The zero-order chi connectivity index (χ0) is 14.0. The van der Waals surface area contributed by atoms with E-state index in [1.807, 2.05) is 6.92 Å². The molecule has 0 spiro atoms. The van der Waals surface area contributed by atoms with Crippen LogP contribution < -0.4 is 0 Å². The highest BCUT2D eigenvalue weighted by Gasteiger charge is 2.66. The first-order valence-corrected chi connectivity index (χ1v) is 8.78. The smallest absolute Gasteiger partial charge is 0.365 e. The second-order valence-corrected chi connectivity index (χ2v) is 9.35. The Morgan fingerprint density at radius 3 is 2.84 bits per heavy atom. The first-order valence-electron chi connectivity index (χ1n) is 6.47. The maximum atomic E-state index is 13.9. The molecular weight excluding hydrogens is 382 g/mol. The third kappa shape index (κ3) is 2.04. The number of ether oxygens (including phenoxy) is 1. The summed E-state index contributed by atoms with van der Waals surface area (Å²) in [5, 5.41) is 0. The quantitative estimate of drug-likeness (QED) is 0.417. The zero-order valence-corrected chi connectivity index (χ0v) is 13.8. The maximum Gasteiger partial charge on any atom is 0.365 e. The van der Waals surface area contributed by atoms with Crippen LogP contribution in [0.2, 0.25) is 0 Å². The Morgan fingerprint density at radius 2 is 2.21 bits per heavy atom. The summed E-state index contributed by atoms with van der Waals surface area (Å²) in [7, 11) is 0. The Morgan fingerprint density at radius 1 is 1.53 bits per heavy atom. The van der Waals surface area contributed by atoms with E-state index in [2.05, 4.69) is 0 Å². The molecule has 3 aliphatic carbocycles. The van der Waals surface area contributed by atoms with Crippen LogP contribution in [-0.4, -0.2) is 26.6 Å². The monoisotopic (exact) mass is 398 g/mol. The van der Waals surface area contributed by atoms with Crippen LogP contribution >= 0.6 is 34.4 Å². The van der Waals surface area contributed by atoms with Gasteiger partial charge in [-0.05, 0) is 66.9 Å². The third-order valence-electron chi connectivity index (χ3n) is 4.94. The van der Waals surface area contributed by atoms with Crippen molar-refractivity contribution in [3.8, 4) is 0 Å². The number of carbonyl (C=O) groups is 2. The molecule has 0 bridgehead atoms. The van der Waals surface area contributed by atoms with Crippen molar-refractivity contribution in [2.75, 3.05) is 6.26 Å². The molecule has 0 aliphatic heterocycles. The number of alkyl halides is 2. The van der Waals surface area contributed by atoms with E-state index in [1.165, 1.54) is 22.6 Å². The summed E-state index contributed by atoms with van der Waals surface area (Å²) in [6.07, 6.45) is 3.81. The van der Waals surface area contributed by atoms with Gasteiger partial charge in [-0.25, -0.2) is 9.18 Å². The fraction of sp³-hybridized carbons (Fsp3) is 0.846. The van der Waals surface area contributed by atoms with Gasteiger partial charge in [-0.2, -0.15) is 0 Å². The van der Waals surface area contributed by atoms with Gasteiger partial charge < -0.3 is 4.74 Å². The molecular formula is C13H16FIO3S. The van der Waals surface area contributed by atoms with Crippen molar-refractivity contribution >= 4 is 46.1 Å². The van der Waals surface area contributed by atoms with Gasteiger partial charge in [0, 0.05) is 11.8 Å². The van der Waals surface area contributed by atoms with Gasteiger partial charge in [-0.15, -0.1) is 11.8 Å². The largest absolute Gasteiger partial charge is 0.456 e. The molecule has 6 unspecified atom stereocenters. The van der Waals surface area contributed by atoms with Gasteiger partial charge in [0.1, 0.15) is 11.4 Å². The molecule has 106 valence electrons. The van der Waals surface area contributed by atoms with E-state index >= 15 is 0 Å². The number of esters is 1. The summed E-state index contributed by atoms with van der Waals surface area (Å²) in [6, 6.07) is 0. The highest BCUT2D eigenvalue weighted by atomic mass is 127. The lowest BCUT2D eigenvalue weighted by molar-refractivity contribution is -0.204. The Balaban J connectivity index is 1.70. The molecule has 3 nitrogen and oxygen atoms in total. The van der Waals surface area contributed by atoms with Crippen LogP contribution in [-0.2, 0) is 14.3 Å². The van der Waals surface area contributed by atoms with E-state index in [4.69, 9.17) is 4.74 Å². The minimum absolute atomic E-state index is 0.0489. The number of hydrogen-bond donors (Lipinski definition) is 0. The van der Waals surface area contributed by atoms with Gasteiger partial charge in [0.2, 0.25) is 0 Å². The topological polar surface area (TPSA) is 43.4 Å². The van der Waals surface area contributed by atoms with Crippen LogP contribution in [0, 0.1) is 23.7 Å². The Labute approximate surface area is 129 Å². The molecule has 3 rings (SSSR count). The first-order chi connectivity index (χ1) is 8.77. The fourth-order valence-electron chi connectivity index (χ4n) is 4.04. The van der Waals surface area contributed by atoms with Crippen LogP contribution in [0.4, 0.5) is 4.39 Å². The molecule has 3 saturated carbocycles. The van der Waals surface area contributed by atoms with E-state index in [-0.39, 0.29) is 11.8 Å². The minimum Gasteiger partial charge on any atom is -0.456 e. The molecule has 3 fully saturated rings. The molecule has 0 radical (unpaired) electrons. The standard InChI is InChI=1S/C13H16FIO3S/c1-12(18-11(17)13(14,15)19-2)4-6-3-7-9(6)8(5-12)10(7)16/h6-9H,3-5H2,1-2H3. The van der Waals surface area contributed by atoms with Gasteiger partial charge in [0.15, 0.2) is 0 Å². The summed E-state index contributed by atoms with van der Waals surface area (Å²) >= 11 is 2.29.